The van der Waals surface area contributed by atoms with Crippen molar-refractivity contribution < 1.29 is 28.2 Å². The lowest BCUT2D eigenvalue weighted by Crippen LogP contribution is -2.46. The molecule has 190 valence electrons. The molecule has 1 fully saturated rings. The number of fused-ring (bicyclic) bond motifs is 1. The van der Waals surface area contributed by atoms with Crippen LogP contribution >= 0.6 is 23.2 Å². The SMILES string of the molecule is C[C@]1(COC(=O)c2ccccc2)O[C@@H](n2cnc3c(Cl)nc(Cl)nc32)[C@H](F)[C@@H]1OC(=O)c1ccccc1. The number of alkyl halides is 1. The summed E-state index contributed by atoms with van der Waals surface area (Å²) in [5.74, 6) is -1.40. The van der Waals surface area contributed by atoms with Gasteiger partial charge in [0.25, 0.3) is 0 Å². The average Bonchev–Trinajstić information content (AvgIpc) is 3.43. The Morgan fingerprint density at radius 1 is 1.03 bits per heavy atom. The fraction of sp³-hybridized carbons (Fsp3) is 0.240. The van der Waals surface area contributed by atoms with Crippen LogP contribution in [0.3, 0.4) is 0 Å². The van der Waals surface area contributed by atoms with Gasteiger partial charge in [0.1, 0.15) is 17.7 Å². The Kier molecular flexibility index (Phi) is 6.80. The topological polar surface area (TPSA) is 105 Å². The number of esters is 2. The predicted octanol–water partition coefficient (Wildman–Crippen LogP) is 4.84. The van der Waals surface area contributed by atoms with Gasteiger partial charge in [0.05, 0.1) is 17.5 Å². The van der Waals surface area contributed by atoms with Crippen LogP contribution in [0.4, 0.5) is 4.39 Å². The van der Waals surface area contributed by atoms with Crippen LogP contribution in [-0.4, -0.2) is 55.9 Å². The molecule has 0 bridgehead atoms. The second kappa shape index (κ2) is 10.0. The van der Waals surface area contributed by atoms with Crippen molar-refractivity contribution in [3.05, 3.63) is 88.6 Å². The molecule has 37 heavy (non-hydrogen) atoms. The van der Waals surface area contributed by atoms with E-state index in [1.165, 1.54) is 17.8 Å². The van der Waals surface area contributed by atoms with E-state index >= 15 is 4.39 Å². The molecule has 9 nitrogen and oxygen atoms in total. The molecule has 0 saturated carbocycles. The van der Waals surface area contributed by atoms with Gasteiger partial charge < -0.3 is 14.2 Å². The minimum absolute atomic E-state index is 0.0197. The Morgan fingerprint density at radius 3 is 2.30 bits per heavy atom. The molecule has 0 spiro atoms. The summed E-state index contributed by atoms with van der Waals surface area (Å²) < 4.78 is 34.5. The number of hydrogen-bond donors (Lipinski definition) is 0. The molecule has 0 amide bonds. The molecular weight excluding hydrogens is 526 g/mol. The van der Waals surface area contributed by atoms with Crippen molar-refractivity contribution >= 4 is 46.3 Å². The van der Waals surface area contributed by atoms with Gasteiger partial charge in [-0.1, -0.05) is 48.0 Å². The summed E-state index contributed by atoms with van der Waals surface area (Å²) in [7, 11) is 0. The van der Waals surface area contributed by atoms with Crippen LogP contribution in [0.25, 0.3) is 11.2 Å². The summed E-state index contributed by atoms with van der Waals surface area (Å²) in [6.07, 6.45) is -3.45. The van der Waals surface area contributed by atoms with E-state index in [2.05, 4.69) is 15.0 Å². The van der Waals surface area contributed by atoms with Crippen molar-refractivity contribution in [3.8, 4) is 0 Å². The minimum atomic E-state index is -1.90. The monoisotopic (exact) mass is 544 g/mol. The van der Waals surface area contributed by atoms with Gasteiger partial charge in [0, 0.05) is 0 Å². The van der Waals surface area contributed by atoms with Crippen molar-refractivity contribution in [2.45, 2.75) is 31.0 Å². The molecule has 1 aliphatic rings. The van der Waals surface area contributed by atoms with E-state index < -0.39 is 42.7 Å². The van der Waals surface area contributed by atoms with E-state index in [-0.39, 0.29) is 27.2 Å². The van der Waals surface area contributed by atoms with Crippen molar-refractivity contribution in [3.63, 3.8) is 0 Å². The summed E-state index contributed by atoms with van der Waals surface area (Å²) in [5, 5.41) is -0.187. The quantitative estimate of drug-likeness (QED) is 0.193. The van der Waals surface area contributed by atoms with Gasteiger partial charge in [0.2, 0.25) is 5.28 Å². The first kappa shape index (κ1) is 25.1. The molecule has 1 saturated heterocycles. The second-order valence-electron chi connectivity index (χ2n) is 8.51. The third-order valence-electron chi connectivity index (χ3n) is 5.92. The zero-order valence-electron chi connectivity index (χ0n) is 19.3. The van der Waals surface area contributed by atoms with Crippen LogP contribution in [0.15, 0.2) is 67.0 Å². The third-order valence-corrected chi connectivity index (χ3v) is 6.35. The lowest BCUT2D eigenvalue weighted by atomic mass is 9.98. The van der Waals surface area contributed by atoms with E-state index in [0.29, 0.717) is 5.56 Å². The first-order valence-corrected chi connectivity index (χ1v) is 11.9. The van der Waals surface area contributed by atoms with E-state index in [0.717, 1.165) is 0 Å². The van der Waals surface area contributed by atoms with E-state index in [1.807, 2.05) is 0 Å². The predicted molar refractivity (Wildman–Crippen MR) is 131 cm³/mol. The molecule has 4 atom stereocenters. The summed E-state index contributed by atoms with van der Waals surface area (Å²) in [6.45, 7) is 1.09. The highest BCUT2D eigenvalue weighted by Crippen LogP contribution is 2.42. The number of benzene rings is 2. The van der Waals surface area contributed by atoms with Gasteiger partial charge in [-0.15, -0.1) is 0 Å². The summed E-state index contributed by atoms with van der Waals surface area (Å²) in [4.78, 5) is 37.5. The second-order valence-corrected chi connectivity index (χ2v) is 9.20. The molecule has 0 N–H and O–H groups in total. The molecule has 1 aliphatic heterocycles. The average molecular weight is 545 g/mol. The first-order valence-electron chi connectivity index (χ1n) is 11.1. The van der Waals surface area contributed by atoms with Crippen LogP contribution in [0.2, 0.25) is 10.4 Å². The highest BCUT2D eigenvalue weighted by molar-refractivity contribution is 6.35. The Morgan fingerprint density at radius 2 is 1.65 bits per heavy atom. The lowest BCUT2D eigenvalue weighted by molar-refractivity contribution is -0.120. The van der Waals surface area contributed by atoms with Crippen LogP contribution < -0.4 is 0 Å². The van der Waals surface area contributed by atoms with Gasteiger partial charge in [-0.25, -0.2) is 23.9 Å². The van der Waals surface area contributed by atoms with Crippen LogP contribution in [0, 0.1) is 0 Å². The number of carbonyl (C=O) groups excluding carboxylic acids is 2. The molecule has 2 aromatic carbocycles. The van der Waals surface area contributed by atoms with Crippen molar-refractivity contribution in [1.82, 2.24) is 19.5 Å². The fourth-order valence-corrected chi connectivity index (χ4v) is 4.50. The van der Waals surface area contributed by atoms with Crippen LogP contribution in [0.1, 0.15) is 33.9 Å². The summed E-state index contributed by atoms with van der Waals surface area (Å²) in [5.41, 5.74) is -0.742. The number of nitrogens with zero attached hydrogens (tertiary/aromatic N) is 4. The number of aromatic nitrogens is 4. The normalized spacial score (nSPS) is 23.2. The number of hydrogen-bond acceptors (Lipinski definition) is 8. The number of ether oxygens (including phenoxy) is 3. The maximum atomic E-state index is 16.1. The molecule has 12 heteroatoms. The zero-order chi connectivity index (χ0) is 26.2. The standard InChI is InChI=1S/C25H19Cl2FN4O5/c1-25(12-35-22(33)14-8-4-2-5-9-14)18(36-23(34)15-10-6-3-7-11-15)16(28)21(37-25)32-13-29-17-19(26)30-24(27)31-20(17)32/h2-11,13,16,18,21H,12H2,1H3/t16-,18+,21-,25-/m1/s1. The van der Waals surface area contributed by atoms with E-state index in [4.69, 9.17) is 37.4 Å². The van der Waals surface area contributed by atoms with Crippen molar-refractivity contribution in [2.24, 2.45) is 0 Å². The van der Waals surface area contributed by atoms with E-state index in [9.17, 15) is 9.59 Å². The molecule has 0 radical (unpaired) electrons. The molecule has 0 aliphatic carbocycles. The third kappa shape index (κ3) is 4.87. The van der Waals surface area contributed by atoms with Crippen molar-refractivity contribution in [1.29, 1.82) is 0 Å². The van der Waals surface area contributed by atoms with E-state index in [1.54, 1.807) is 60.7 Å². The smallest absolute Gasteiger partial charge is 0.338 e. The summed E-state index contributed by atoms with van der Waals surface area (Å²) in [6, 6.07) is 16.4. The van der Waals surface area contributed by atoms with Crippen LogP contribution in [0.5, 0.6) is 0 Å². The highest BCUT2D eigenvalue weighted by Gasteiger charge is 2.57. The number of halogens is 3. The van der Waals surface area contributed by atoms with Crippen molar-refractivity contribution in [2.75, 3.05) is 6.61 Å². The molecule has 3 heterocycles. The Labute approximate surface area is 220 Å². The summed E-state index contributed by atoms with van der Waals surface area (Å²) >= 11 is 12.1. The maximum Gasteiger partial charge on any atom is 0.338 e. The number of imidazole rings is 1. The molecule has 0 unspecified atom stereocenters. The maximum absolute atomic E-state index is 16.1. The van der Waals surface area contributed by atoms with Gasteiger partial charge in [0.15, 0.2) is 29.3 Å². The molecule has 4 aromatic rings. The van der Waals surface area contributed by atoms with Gasteiger partial charge in [-0.2, -0.15) is 4.98 Å². The number of carbonyl (C=O) groups is 2. The Balaban J connectivity index is 1.47. The lowest BCUT2D eigenvalue weighted by Gasteiger charge is -2.29. The Bertz CT molecular complexity index is 1460. The van der Waals surface area contributed by atoms with Gasteiger partial charge in [-0.05, 0) is 42.8 Å². The van der Waals surface area contributed by atoms with Gasteiger partial charge >= 0.3 is 11.9 Å². The largest absolute Gasteiger partial charge is 0.459 e. The molecule has 5 rings (SSSR count). The molecule has 2 aromatic heterocycles. The minimum Gasteiger partial charge on any atom is -0.459 e. The fourth-order valence-electron chi connectivity index (χ4n) is 4.08. The zero-order valence-corrected chi connectivity index (χ0v) is 20.8. The first-order chi connectivity index (χ1) is 17.8. The van der Waals surface area contributed by atoms with Crippen LogP contribution in [-0.2, 0) is 14.2 Å². The highest BCUT2D eigenvalue weighted by atomic mass is 35.5. The number of rotatable bonds is 6. The van der Waals surface area contributed by atoms with Gasteiger partial charge in [-0.3, -0.25) is 4.57 Å². The molecular formula is C25H19Cl2FN4O5. The Hall–Kier alpha value is -3.60.